The summed E-state index contributed by atoms with van der Waals surface area (Å²) in [5, 5.41) is 0. The molecule has 0 aromatic heterocycles. The predicted molar refractivity (Wildman–Crippen MR) is 65.7 cm³/mol. The lowest BCUT2D eigenvalue weighted by Gasteiger charge is -2.28. The quantitative estimate of drug-likeness (QED) is 0.691. The van der Waals surface area contributed by atoms with Gasteiger partial charge in [-0.2, -0.15) is 0 Å². The molecule has 0 unspecified atom stereocenters. The summed E-state index contributed by atoms with van der Waals surface area (Å²) in [6.07, 6.45) is 2.43. The molecule has 4 heteroatoms. The van der Waals surface area contributed by atoms with E-state index in [1.165, 1.54) is 0 Å². The van der Waals surface area contributed by atoms with Gasteiger partial charge in [0.15, 0.2) is 5.60 Å². The van der Waals surface area contributed by atoms with Crippen LogP contribution in [0.3, 0.4) is 0 Å². The molecule has 0 radical (unpaired) electrons. The topological polar surface area (TPSA) is 43.4 Å². The lowest BCUT2D eigenvalue weighted by atomic mass is 9.83. The van der Waals surface area contributed by atoms with Gasteiger partial charge in [0, 0.05) is 16.5 Å². The minimum absolute atomic E-state index is 0.123. The number of hydrogen-bond acceptors (Lipinski definition) is 3. The van der Waals surface area contributed by atoms with Crippen LogP contribution < -0.4 is 0 Å². The Morgan fingerprint density at radius 3 is 2.53 bits per heavy atom. The molecule has 1 atom stereocenters. The van der Waals surface area contributed by atoms with E-state index < -0.39 is 5.60 Å². The lowest BCUT2D eigenvalue weighted by Crippen LogP contribution is -2.39. The van der Waals surface area contributed by atoms with E-state index in [0.717, 1.165) is 10.0 Å². The molecule has 0 N–H and O–H groups in total. The van der Waals surface area contributed by atoms with Gasteiger partial charge in [-0.15, -0.1) is 0 Å². The van der Waals surface area contributed by atoms with Gasteiger partial charge in [0.05, 0.1) is 6.42 Å². The van der Waals surface area contributed by atoms with E-state index >= 15 is 0 Å². The monoisotopic (exact) mass is 292 g/mol. The summed E-state index contributed by atoms with van der Waals surface area (Å²) in [4.78, 5) is 23.7. The highest BCUT2D eigenvalue weighted by atomic mass is 79.9. The number of esters is 1. The van der Waals surface area contributed by atoms with Gasteiger partial charge in [-0.25, -0.2) is 0 Å². The minimum Gasteiger partial charge on any atom is -0.446 e. The van der Waals surface area contributed by atoms with E-state index in [1.54, 1.807) is 12.1 Å². The van der Waals surface area contributed by atoms with E-state index in [4.69, 9.17) is 4.74 Å². The molecule has 0 bridgehead atoms. The number of Topliss-reactive ketones (excluding diaryl/α,β-unsaturated/α-hetero) is 1. The molecule has 1 heterocycles. The van der Waals surface area contributed by atoms with Crippen molar-refractivity contribution >= 4 is 32.2 Å². The van der Waals surface area contributed by atoms with Gasteiger partial charge in [-0.1, -0.05) is 40.2 Å². The number of ketones is 1. The van der Waals surface area contributed by atoms with Crippen LogP contribution in [0.4, 0.5) is 0 Å². The molecule has 1 aromatic rings. The maximum atomic E-state index is 12.4. The third-order valence-electron chi connectivity index (χ3n) is 3.17. The molecule has 1 fully saturated rings. The third-order valence-corrected chi connectivity index (χ3v) is 3.83. The van der Waals surface area contributed by atoms with Crippen LogP contribution in [0.5, 0.6) is 0 Å². The van der Waals surface area contributed by atoms with Crippen molar-refractivity contribution in [2.45, 2.75) is 18.4 Å². The fourth-order valence-corrected chi connectivity index (χ4v) is 3.04. The van der Waals surface area contributed by atoms with Gasteiger partial charge in [0.1, 0.15) is 0 Å². The number of halogens is 1. The van der Waals surface area contributed by atoms with Crippen molar-refractivity contribution in [3.8, 4) is 0 Å². The Bertz CT molecular complexity index is 562. The van der Waals surface area contributed by atoms with Crippen LogP contribution >= 0.6 is 15.9 Å². The van der Waals surface area contributed by atoms with E-state index in [0.29, 0.717) is 18.4 Å². The summed E-state index contributed by atoms with van der Waals surface area (Å²) in [7, 11) is 0. The van der Waals surface area contributed by atoms with Crippen molar-refractivity contribution < 1.29 is 14.3 Å². The molecule has 1 aliphatic carbocycles. The Kier molecular flexibility index (Phi) is 2.23. The number of rotatable bonds is 0. The summed E-state index contributed by atoms with van der Waals surface area (Å²) in [6, 6.07) is 7.32. The van der Waals surface area contributed by atoms with Crippen LogP contribution in [0.2, 0.25) is 0 Å². The van der Waals surface area contributed by atoms with Crippen LogP contribution in [0.1, 0.15) is 28.8 Å². The molecule has 86 valence electrons. The highest BCUT2D eigenvalue weighted by molar-refractivity contribution is 9.15. The molecule has 3 rings (SSSR count). The van der Waals surface area contributed by atoms with Gasteiger partial charge in [0.2, 0.25) is 5.78 Å². The fraction of sp³-hybridized carbons (Fsp3) is 0.231. The zero-order valence-corrected chi connectivity index (χ0v) is 10.5. The standard InChI is InChI=1S/C13H9BrO3/c14-10-7-13(6-5-11(15)17-13)12(16)9-4-2-1-3-8(9)10/h1-4,7H,5-6H2/t13-/m1/s1. The van der Waals surface area contributed by atoms with Gasteiger partial charge >= 0.3 is 5.97 Å². The van der Waals surface area contributed by atoms with Gasteiger partial charge in [-0.05, 0) is 11.6 Å². The highest BCUT2D eigenvalue weighted by Crippen LogP contribution is 2.41. The van der Waals surface area contributed by atoms with E-state index in [1.807, 2.05) is 18.2 Å². The van der Waals surface area contributed by atoms with E-state index in [-0.39, 0.29) is 11.8 Å². The summed E-state index contributed by atoms with van der Waals surface area (Å²) in [6.45, 7) is 0. The molecule has 1 aliphatic heterocycles. The van der Waals surface area contributed by atoms with Crippen LogP contribution in [-0.2, 0) is 9.53 Å². The maximum Gasteiger partial charge on any atom is 0.307 e. The number of ether oxygens (including phenoxy) is 1. The number of hydrogen-bond donors (Lipinski definition) is 0. The Labute approximate surface area is 107 Å². The number of carbonyl (C=O) groups excluding carboxylic acids is 2. The third kappa shape index (κ3) is 1.47. The first-order chi connectivity index (χ1) is 8.12. The SMILES string of the molecule is O=C1CC[C@]2(C=C(Br)c3ccccc3C2=O)O1. The Hall–Kier alpha value is -1.42. The molecule has 1 spiro atoms. The largest absolute Gasteiger partial charge is 0.446 e. The molecule has 2 aliphatic rings. The Morgan fingerprint density at radius 2 is 1.88 bits per heavy atom. The summed E-state index contributed by atoms with van der Waals surface area (Å²) in [5.74, 6) is -0.434. The number of carbonyl (C=O) groups is 2. The smallest absolute Gasteiger partial charge is 0.307 e. The zero-order chi connectivity index (χ0) is 12.0. The highest BCUT2D eigenvalue weighted by Gasteiger charge is 2.48. The van der Waals surface area contributed by atoms with Gasteiger partial charge in [0.25, 0.3) is 0 Å². The molecule has 1 aromatic carbocycles. The molecule has 3 nitrogen and oxygen atoms in total. The van der Waals surface area contributed by atoms with E-state index in [9.17, 15) is 9.59 Å². The average molecular weight is 293 g/mol. The summed E-state index contributed by atoms with van der Waals surface area (Å²) in [5.41, 5.74) is 0.382. The molecule has 0 amide bonds. The van der Waals surface area contributed by atoms with Crippen molar-refractivity contribution in [1.29, 1.82) is 0 Å². The molecule has 1 saturated heterocycles. The van der Waals surface area contributed by atoms with Crippen molar-refractivity contribution in [1.82, 2.24) is 0 Å². The first kappa shape index (κ1) is 10.7. The van der Waals surface area contributed by atoms with Gasteiger partial charge in [-0.3, -0.25) is 9.59 Å². The second-order valence-electron chi connectivity index (χ2n) is 4.23. The minimum atomic E-state index is -1.08. The van der Waals surface area contributed by atoms with Crippen molar-refractivity contribution in [3.05, 3.63) is 41.5 Å². The van der Waals surface area contributed by atoms with Crippen LogP contribution in [0.15, 0.2) is 30.3 Å². The zero-order valence-electron chi connectivity index (χ0n) is 8.90. The maximum absolute atomic E-state index is 12.4. The fourth-order valence-electron chi connectivity index (χ4n) is 2.32. The lowest BCUT2D eigenvalue weighted by molar-refractivity contribution is -0.143. The number of fused-ring (bicyclic) bond motifs is 1. The van der Waals surface area contributed by atoms with Crippen molar-refractivity contribution in [3.63, 3.8) is 0 Å². The molecular weight excluding hydrogens is 284 g/mol. The van der Waals surface area contributed by atoms with Crippen LogP contribution in [-0.4, -0.2) is 17.4 Å². The van der Waals surface area contributed by atoms with Crippen LogP contribution in [0, 0.1) is 0 Å². The number of benzene rings is 1. The molecular formula is C13H9BrO3. The average Bonchev–Trinajstić information content (AvgIpc) is 2.69. The van der Waals surface area contributed by atoms with Crippen molar-refractivity contribution in [2.24, 2.45) is 0 Å². The Balaban J connectivity index is 2.17. The second-order valence-corrected chi connectivity index (χ2v) is 5.08. The first-order valence-electron chi connectivity index (χ1n) is 5.37. The molecule has 0 saturated carbocycles. The predicted octanol–water partition coefficient (Wildman–Crippen LogP) is 2.69. The van der Waals surface area contributed by atoms with Gasteiger partial charge < -0.3 is 4.74 Å². The normalized spacial score (nSPS) is 26.8. The summed E-state index contributed by atoms with van der Waals surface area (Å²) < 4.78 is 6.04. The molecule has 17 heavy (non-hydrogen) atoms. The first-order valence-corrected chi connectivity index (χ1v) is 6.16. The van der Waals surface area contributed by atoms with E-state index in [2.05, 4.69) is 15.9 Å². The Morgan fingerprint density at radius 1 is 1.18 bits per heavy atom. The second kappa shape index (κ2) is 3.53. The van der Waals surface area contributed by atoms with Crippen molar-refractivity contribution in [2.75, 3.05) is 0 Å². The van der Waals surface area contributed by atoms with Crippen LogP contribution in [0.25, 0.3) is 4.48 Å². The summed E-state index contributed by atoms with van der Waals surface area (Å²) >= 11 is 3.44.